The standard InChI is InChI=1S/C25H23N3O4S/c1-16-13-18(20-5-2-3-6-21(20)26-16)15-32-19-10-8-17(9-11-19)25(30)27-22(14-24(29)28-31)23-7-4-12-33-23/h2-13,22,31H,14-15H2,1H3,(H,27,30)(H,28,29). The minimum Gasteiger partial charge on any atom is -0.489 e. The van der Waals surface area contributed by atoms with E-state index in [1.165, 1.54) is 11.3 Å². The number of nitrogens with one attached hydrogen (secondary N) is 2. The maximum Gasteiger partial charge on any atom is 0.251 e. The number of amides is 2. The Morgan fingerprint density at radius 3 is 2.61 bits per heavy atom. The van der Waals surface area contributed by atoms with Gasteiger partial charge in [-0.1, -0.05) is 24.3 Å². The largest absolute Gasteiger partial charge is 0.489 e. The third kappa shape index (κ3) is 5.54. The van der Waals surface area contributed by atoms with Gasteiger partial charge in [0.1, 0.15) is 12.4 Å². The number of rotatable bonds is 8. The molecule has 168 valence electrons. The number of pyridine rings is 1. The van der Waals surface area contributed by atoms with Gasteiger partial charge in [-0.2, -0.15) is 0 Å². The van der Waals surface area contributed by atoms with Gasteiger partial charge in [0.15, 0.2) is 0 Å². The third-order valence-corrected chi connectivity index (χ3v) is 6.13. The summed E-state index contributed by atoms with van der Waals surface area (Å²) in [6, 6.07) is 19.9. The van der Waals surface area contributed by atoms with Gasteiger partial charge in [-0.05, 0) is 54.8 Å². The van der Waals surface area contributed by atoms with Crippen LogP contribution in [-0.4, -0.2) is 22.0 Å². The van der Waals surface area contributed by atoms with Gasteiger partial charge < -0.3 is 10.1 Å². The molecule has 1 atom stereocenters. The molecule has 2 amide bonds. The molecule has 4 aromatic rings. The number of ether oxygens (including phenoxy) is 1. The minimum atomic E-state index is -0.573. The van der Waals surface area contributed by atoms with Crippen molar-refractivity contribution in [3.05, 3.63) is 93.8 Å². The van der Waals surface area contributed by atoms with E-state index in [-0.39, 0.29) is 12.3 Å². The van der Waals surface area contributed by atoms with Crippen LogP contribution in [-0.2, 0) is 11.4 Å². The van der Waals surface area contributed by atoms with Crippen molar-refractivity contribution in [2.24, 2.45) is 0 Å². The molecule has 4 rings (SSSR count). The number of thiophene rings is 1. The Morgan fingerprint density at radius 1 is 1.09 bits per heavy atom. The molecular weight excluding hydrogens is 438 g/mol. The van der Waals surface area contributed by atoms with E-state index in [9.17, 15) is 9.59 Å². The number of hydrogen-bond acceptors (Lipinski definition) is 6. The van der Waals surface area contributed by atoms with Crippen LogP contribution >= 0.6 is 11.3 Å². The number of hydrogen-bond donors (Lipinski definition) is 3. The average molecular weight is 462 g/mol. The first-order valence-corrected chi connectivity index (χ1v) is 11.3. The van der Waals surface area contributed by atoms with Crippen molar-refractivity contribution in [2.75, 3.05) is 0 Å². The second-order valence-corrected chi connectivity index (χ2v) is 8.51. The summed E-state index contributed by atoms with van der Waals surface area (Å²) in [5.74, 6) is -0.252. The second-order valence-electron chi connectivity index (χ2n) is 7.53. The van der Waals surface area contributed by atoms with Crippen molar-refractivity contribution in [1.29, 1.82) is 0 Å². The van der Waals surface area contributed by atoms with Crippen molar-refractivity contribution >= 4 is 34.1 Å². The Labute approximate surface area is 195 Å². The predicted octanol–water partition coefficient (Wildman–Crippen LogP) is 4.55. The summed E-state index contributed by atoms with van der Waals surface area (Å²) in [5, 5.41) is 14.6. The molecule has 0 saturated heterocycles. The van der Waals surface area contributed by atoms with Gasteiger partial charge in [0.25, 0.3) is 5.91 Å². The van der Waals surface area contributed by atoms with Crippen LogP contribution in [0.25, 0.3) is 10.9 Å². The lowest BCUT2D eigenvalue weighted by Crippen LogP contribution is -2.32. The van der Waals surface area contributed by atoms with E-state index in [0.717, 1.165) is 27.0 Å². The molecule has 2 aromatic heterocycles. The number of aryl methyl sites for hydroxylation is 1. The summed E-state index contributed by atoms with van der Waals surface area (Å²) >= 11 is 1.43. The summed E-state index contributed by atoms with van der Waals surface area (Å²) in [6.07, 6.45) is -0.0662. The highest BCUT2D eigenvalue weighted by Crippen LogP contribution is 2.24. The average Bonchev–Trinajstić information content (AvgIpc) is 3.37. The summed E-state index contributed by atoms with van der Waals surface area (Å²) in [5.41, 5.74) is 4.95. The maximum absolute atomic E-state index is 12.7. The van der Waals surface area contributed by atoms with Crippen LogP contribution in [0.15, 0.2) is 72.1 Å². The van der Waals surface area contributed by atoms with E-state index >= 15 is 0 Å². The lowest BCUT2D eigenvalue weighted by Gasteiger charge is -2.17. The summed E-state index contributed by atoms with van der Waals surface area (Å²) in [4.78, 5) is 29.8. The fourth-order valence-corrected chi connectivity index (χ4v) is 4.34. The van der Waals surface area contributed by atoms with Gasteiger partial charge in [0, 0.05) is 27.1 Å². The van der Waals surface area contributed by atoms with E-state index in [1.54, 1.807) is 29.7 Å². The van der Waals surface area contributed by atoms with Gasteiger partial charge in [0.2, 0.25) is 5.91 Å². The normalized spacial score (nSPS) is 11.7. The Balaban J connectivity index is 1.43. The van der Waals surface area contributed by atoms with Crippen molar-refractivity contribution in [3.63, 3.8) is 0 Å². The number of benzene rings is 2. The van der Waals surface area contributed by atoms with Gasteiger partial charge in [-0.15, -0.1) is 11.3 Å². The molecule has 0 fully saturated rings. The molecule has 2 aromatic carbocycles. The molecule has 1 unspecified atom stereocenters. The first kappa shape index (κ1) is 22.4. The van der Waals surface area contributed by atoms with Crippen LogP contribution in [0.2, 0.25) is 0 Å². The number of para-hydroxylation sites is 1. The molecule has 33 heavy (non-hydrogen) atoms. The Morgan fingerprint density at radius 2 is 1.88 bits per heavy atom. The number of fused-ring (bicyclic) bond motifs is 1. The lowest BCUT2D eigenvalue weighted by molar-refractivity contribution is -0.129. The second kappa shape index (κ2) is 10.2. The molecule has 7 nitrogen and oxygen atoms in total. The van der Waals surface area contributed by atoms with Crippen molar-refractivity contribution in [1.82, 2.24) is 15.8 Å². The number of carbonyl (C=O) groups is 2. The molecular formula is C25H23N3O4S. The lowest BCUT2D eigenvalue weighted by atomic mass is 10.1. The molecule has 0 aliphatic rings. The topological polar surface area (TPSA) is 101 Å². The quantitative estimate of drug-likeness (QED) is 0.264. The SMILES string of the molecule is Cc1cc(COc2ccc(C(=O)NC(CC(=O)NO)c3cccs3)cc2)c2ccccc2n1. The Hall–Kier alpha value is -3.75. The fraction of sp³-hybridized carbons (Fsp3) is 0.160. The molecule has 0 aliphatic carbocycles. The monoisotopic (exact) mass is 461 g/mol. The number of hydroxylamine groups is 1. The maximum atomic E-state index is 12.7. The van der Waals surface area contributed by atoms with E-state index in [1.807, 2.05) is 54.8 Å². The molecule has 0 saturated carbocycles. The van der Waals surface area contributed by atoms with Crippen molar-refractivity contribution in [3.8, 4) is 5.75 Å². The third-order valence-electron chi connectivity index (χ3n) is 5.15. The fourth-order valence-electron chi connectivity index (χ4n) is 3.56. The zero-order valence-electron chi connectivity index (χ0n) is 17.9. The molecule has 8 heteroatoms. The number of carbonyl (C=O) groups excluding carboxylic acids is 2. The summed E-state index contributed by atoms with van der Waals surface area (Å²) in [7, 11) is 0. The van der Waals surface area contributed by atoms with Crippen LogP contribution < -0.4 is 15.5 Å². The highest BCUT2D eigenvalue weighted by molar-refractivity contribution is 7.10. The minimum absolute atomic E-state index is 0.0662. The van der Waals surface area contributed by atoms with Crippen LogP contribution in [0.3, 0.4) is 0 Å². The van der Waals surface area contributed by atoms with Crippen LogP contribution in [0, 0.1) is 6.92 Å². The number of nitrogens with zero attached hydrogens (tertiary/aromatic N) is 1. The van der Waals surface area contributed by atoms with Gasteiger partial charge >= 0.3 is 0 Å². The first-order valence-electron chi connectivity index (χ1n) is 10.4. The van der Waals surface area contributed by atoms with Crippen LogP contribution in [0.1, 0.15) is 39.0 Å². The zero-order valence-corrected chi connectivity index (χ0v) is 18.8. The van der Waals surface area contributed by atoms with E-state index in [2.05, 4.69) is 10.3 Å². The Kier molecular flexibility index (Phi) is 6.97. The predicted molar refractivity (Wildman–Crippen MR) is 126 cm³/mol. The van der Waals surface area contributed by atoms with Crippen LogP contribution in [0.4, 0.5) is 0 Å². The molecule has 0 radical (unpaired) electrons. The Bertz CT molecular complexity index is 1260. The van der Waals surface area contributed by atoms with Gasteiger partial charge in [0.05, 0.1) is 18.0 Å². The zero-order chi connectivity index (χ0) is 23.2. The van der Waals surface area contributed by atoms with Gasteiger partial charge in [-0.3, -0.25) is 19.8 Å². The molecule has 2 heterocycles. The van der Waals surface area contributed by atoms with Crippen molar-refractivity contribution < 1.29 is 19.5 Å². The molecule has 0 bridgehead atoms. The van der Waals surface area contributed by atoms with Crippen molar-refractivity contribution in [2.45, 2.75) is 26.0 Å². The first-order chi connectivity index (χ1) is 16.0. The highest BCUT2D eigenvalue weighted by Gasteiger charge is 2.20. The summed E-state index contributed by atoms with van der Waals surface area (Å²) < 4.78 is 5.96. The van der Waals surface area contributed by atoms with E-state index in [0.29, 0.717) is 17.9 Å². The smallest absolute Gasteiger partial charge is 0.251 e. The van der Waals surface area contributed by atoms with Gasteiger partial charge in [-0.25, -0.2) is 5.48 Å². The molecule has 0 spiro atoms. The number of aromatic nitrogens is 1. The highest BCUT2D eigenvalue weighted by atomic mass is 32.1. The molecule has 3 N–H and O–H groups in total. The van der Waals surface area contributed by atoms with Crippen LogP contribution in [0.5, 0.6) is 5.75 Å². The van der Waals surface area contributed by atoms with E-state index in [4.69, 9.17) is 9.94 Å². The van der Waals surface area contributed by atoms with E-state index < -0.39 is 11.9 Å². The summed E-state index contributed by atoms with van der Waals surface area (Å²) in [6.45, 7) is 2.34. The molecule has 0 aliphatic heterocycles.